The summed E-state index contributed by atoms with van der Waals surface area (Å²) in [7, 11) is 0. The molecule has 1 aromatic heterocycles. The summed E-state index contributed by atoms with van der Waals surface area (Å²) in [6.45, 7) is 1.83. The molecule has 0 aliphatic rings. The van der Waals surface area contributed by atoms with Crippen molar-refractivity contribution in [3.8, 4) is 0 Å². The molecule has 0 saturated carbocycles. The number of hydrogen-bond acceptors (Lipinski definition) is 3. The van der Waals surface area contributed by atoms with Gasteiger partial charge in [-0.1, -0.05) is 18.2 Å². The number of thiophene rings is 1. The summed E-state index contributed by atoms with van der Waals surface area (Å²) in [5, 5.41) is 13.6. The van der Waals surface area contributed by atoms with Crippen molar-refractivity contribution >= 4 is 28.2 Å². The van der Waals surface area contributed by atoms with Crippen LogP contribution < -0.4 is 5.32 Å². The number of aromatic carboxylic acids is 1. The van der Waals surface area contributed by atoms with E-state index in [2.05, 4.69) is 5.32 Å². The van der Waals surface area contributed by atoms with E-state index >= 15 is 0 Å². The van der Waals surface area contributed by atoms with Crippen molar-refractivity contribution < 1.29 is 14.7 Å². The number of carbonyl (C=O) groups is 2. The third-order valence-electron chi connectivity index (χ3n) is 2.51. The minimum atomic E-state index is -1.05. The SMILES string of the molecule is Cc1ccccc1C(=O)Nc1sccc1C(=O)O. The summed E-state index contributed by atoms with van der Waals surface area (Å²) in [5.74, 6) is -1.34. The molecule has 92 valence electrons. The largest absolute Gasteiger partial charge is 0.478 e. The molecule has 5 heteroatoms. The molecule has 2 rings (SSSR count). The van der Waals surface area contributed by atoms with Crippen LogP contribution >= 0.6 is 11.3 Å². The summed E-state index contributed by atoms with van der Waals surface area (Å²) in [6.07, 6.45) is 0. The predicted molar refractivity (Wildman–Crippen MR) is 70.4 cm³/mol. The molecule has 0 bridgehead atoms. The van der Waals surface area contributed by atoms with E-state index in [9.17, 15) is 9.59 Å². The Hall–Kier alpha value is -2.14. The maximum Gasteiger partial charge on any atom is 0.338 e. The lowest BCUT2D eigenvalue weighted by Gasteiger charge is -2.06. The number of nitrogens with one attached hydrogen (secondary N) is 1. The minimum Gasteiger partial charge on any atom is -0.478 e. The summed E-state index contributed by atoms with van der Waals surface area (Å²) < 4.78 is 0. The van der Waals surface area contributed by atoms with Gasteiger partial charge in [0.05, 0.1) is 5.56 Å². The van der Waals surface area contributed by atoms with Crippen LogP contribution in [0.2, 0.25) is 0 Å². The second-order valence-electron chi connectivity index (χ2n) is 3.74. The van der Waals surface area contributed by atoms with Crippen LogP contribution in [0.15, 0.2) is 35.7 Å². The standard InChI is InChI=1S/C13H11NO3S/c1-8-4-2-3-5-9(8)11(15)14-12-10(13(16)17)6-7-18-12/h2-7H,1H3,(H,14,15)(H,16,17). The average molecular weight is 261 g/mol. The molecule has 0 unspecified atom stereocenters. The lowest BCUT2D eigenvalue weighted by molar-refractivity contribution is 0.0698. The van der Waals surface area contributed by atoms with Crippen LogP contribution in [-0.2, 0) is 0 Å². The molecule has 2 N–H and O–H groups in total. The van der Waals surface area contributed by atoms with Gasteiger partial charge < -0.3 is 10.4 Å². The van der Waals surface area contributed by atoms with Crippen molar-refractivity contribution in [2.24, 2.45) is 0 Å². The molecular formula is C13H11NO3S. The van der Waals surface area contributed by atoms with Gasteiger partial charge in [-0.05, 0) is 30.0 Å². The van der Waals surface area contributed by atoms with E-state index in [0.717, 1.165) is 5.56 Å². The van der Waals surface area contributed by atoms with E-state index < -0.39 is 5.97 Å². The molecule has 0 saturated heterocycles. The van der Waals surface area contributed by atoms with Crippen LogP contribution in [0.1, 0.15) is 26.3 Å². The van der Waals surface area contributed by atoms with Crippen molar-refractivity contribution in [3.05, 3.63) is 52.4 Å². The number of benzene rings is 1. The fourth-order valence-corrected chi connectivity index (χ4v) is 2.35. The number of rotatable bonds is 3. The van der Waals surface area contributed by atoms with Gasteiger partial charge in [0, 0.05) is 5.56 Å². The maximum atomic E-state index is 12.0. The molecule has 18 heavy (non-hydrogen) atoms. The van der Waals surface area contributed by atoms with Gasteiger partial charge in [-0.2, -0.15) is 0 Å². The molecule has 0 aliphatic carbocycles. The highest BCUT2D eigenvalue weighted by molar-refractivity contribution is 7.14. The highest BCUT2D eigenvalue weighted by Gasteiger charge is 2.15. The maximum absolute atomic E-state index is 12.0. The molecule has 4 nitrogen and oxygen atoms in total. The number of anilines is 1. The Morgan fingerprint density at radius 2 is 1.89 bits per heavy atom. The average Bonchev–Trinajstić information content (AvgIpc) is 2.77. The Bertz CT molecular complexity index is 604. The van der Waals surface area contributed by atoms with Gasteiger partial charge in [-0.25, -0.2) is 4.79 Å². The zero-order valence-electron chi connectivity index (χ0n) is 9.64. The van der Waals surface area contributed by atoms with Crippen molar-refractivity contribution in [1.82, 2.24) is 0 Å². The number of amides is 1. The van der Waals surface area contributed by atoms with Crippen LogP contribution in [0.3, 0.4) is 0 Å². The van der Waals surface area contributed by atoms with Crippen LogP contribution in [0.4, 0.5) is 5.00 Å². The Morgan fingerprint density at radius 3 is 2.56 bits per heavy atom. The van der Waals surface area contributed by atoms with Gasteiger partial charge in [-0.3, -0.25) is 4.79 Å². The number of aryl methyl sites for hydroxylation is 1. The van der Waals surface area contributed by atoms with Crippen LogP contribution in [0.5, 0.6) is 0 Å². The Labute approximate surface area is 108 Å². The second kappa shape index (κ2) is 5.01. The molecule has 0 atom stereocenters. The monoisotopic (exact) mass is 261 g/mol. The predicted octanol–water partition coefficient (Wildman–Crippen LogP) is 3.01. The number of carboxylic acids is 1. The lowest BCUT2D eigenvalue weighted by atomic mass is 10.1. The Kier molecular flexibility index (Phi) is 3.43. The van der Waals surface area contributed by atoms with E-state index in [1.165, 1.54) is 17.4 Å². The smallest absolute Gasteiger partial charge is 0.338 e. The van der Waals surface area contributed by atoms with E-state index in [0.29, 0.717) is 10.6 Å². The first-order valence-electron chi connectivity index (χ1n) is 5.27. The molecule has 0 aliphatic heterocycles. The number of hydrogen-bond donors (Lipinski definition) is 2. The summed E-state index contributed by atoms with van der Waals surface area (Å²) in [4.78, 5) is 22.9. The zero-order valence-corrected chi connectivity index (χ0v) is 10.5. The molecule has 0 spiro atoms. The minimum absolute atomic E-state index is 0.113. The normalized spacial score (nSPS) is 10.1. The van der Waals surface area contributed by atoms with Crippen LogP contribution in [0, 0.1) is 6.92 Å². The van der Waals surface area contributed by atoms with Gasteiger partial charge in [0.1, 0.15) is 5.00 Å². The van der Waals surface area contributed by atoms with E-state index in [1.54, 1.807) is 17.5 Å². The first-order chi connectivity index (χ1) is 8.59. The topological polar surface area (TPSA) is 66.4 Å². The van der Waals surface area contributed by atoms with Gasteiger partial charge in [0.15, 0.2) is 0 Å². The van der Waals surface area contributed by atoms with E-state index in [4.69, 9.17) is 5.11 Å². The molecule has 2 aromatic rings. The molecule has 1 aromatic carbocycles. The lowest BCUT2D eigenvalue weighted by Crippen LogP contribution is -2.14. The quantitative estimate of drug-likeness (QED) is 0.892. The number of carboxylic acid groups (broad SMARTS) is 1. The molecule has 0 fully saturated rings. The Morgan fingerprint density at radius 1 is 1.17 bits per heavy atom. The Balaban J connectivity index is 2.25. The van der Waals surface area contributed by atoms with Crippen molar-refractivity contribution in [3.63, 3.8) is 0 Å². The van der Waals surface area contributed by atoms with Crippen LogP contribution in [0.25, 0.3) is 0 Å². The van der Waals surface area contributed by atoms with Crippen LogP contribution in [-0.4, -0.2) is 17.0 Å². The molecule has 1 heterocycles. The highest BCUT2D eigenvalue weighted by Crippen LogP contribution is 2.24. The molecular weight excluding hydrogens is 250 g/mol. The fraction of sp³-hybridized carbons (Fsp3) is 0.0769. The molecule has 1 amide bonds. The summed E-state index contributed by atoms with van der Waals surface area (Å²) in [6, 6.07) is 8.63. The fourth-order valence-electron chi connectivity index (χ4n) is 1.57. The van der Waals surface area contributed by atoms with Crippen molar-refractivity contribution in [2.45, 2.75) is 6.92 Å². The zero-order chi connectivity index (χ0) is 13.1. The molecule has 0 radical (unpaired) electrons. The van der Waals surface area contributed by atoms with E-state index in [-0.39, 0.29) is 11.5 Å². The summed E-state index contributed by atoms with van der Waals surface area (Å²) in [5.41, 5.74) is 1.51. The van der Waals surface area contributed by atoms with Gasteiger partial charge >= 0.3 is 5.97 Å². The van der Waals surface area contributed by atoms with Gasteiger partial charge in [0.25, 0.3) is 5.91 Å². The van der Waals surface area contributed by atoms with Gasteiger partial charge in [0.2, 0.25) is 0 Å². The third-order valence-corrected chi connectivity index (χ3v) is 3.34. The second-order valence-corrected chi connectivity index (χ2v) is 4.65. The van der Waals surface area contributed by atoms with Crippen molar-refractivity contribution in [2.75, 3.05) is 5.32 Å². The number of carbonyl (C=O) groups excluding carboxylic acids is 1. The summed E-state index contributed by atoms with van der Waals surface area (Å²) >= 11 is 1.19. The third kappa shape index (κ3) is 2.41. The first kappa shape index (κ1) is 12.3. The van der Waals surface area contributed by atoms with Crippen molar-refractivity contribution in [1.29, 1.82) is 0 Å². The highest BCUT2D eigenvalue weighted by atomic mass is 32.1. The first-order valence-corrected chi connectivity index (χ1v) is 6.15. The van der Waals surface area contributed by atoms with E-state index in [1.807, 2.05) is 19.1 Å². The van der Waals surface area contributed by atoms with Gasteiger partial charge in [-0.15, -0.1) is 11.3 Å².